The molecular formula is C15H10F2N2O2. The molecule has 2 rings (SSSR count). The number of nitriles is 1. The fraction of sp³-hybridized carbons (Fsp3) is 0.0667. The predicted molar refractivity (Wildman–Crippen MR) is 70.4 cm³/mol. The highest BCUT2D eigenvalue weighted by atomic mass is 19.1. The smallest absolute Gasteiger partial charge is 0.255 e. The van der Waals surface area contributed by atoms with Crippen molar-refractivity contribution in [1.29, 1.82) is 5.26 Å². The number of nitrogens with two attached hydrogens (primary N) is 1. The molecule has 0 aromatic heterocycles. The van der Waals surface area contributed by atoms with Gasteiger partial charge in [-0.3, -0.25) is 4.79 Å². The minimum absolute atomic E-state index is 0.0317. The summed E-state index contributed by atoms with van der Waals surface area (Å²) in [4.78, 5) is 11.2. The Hall–Kier alpha value is -2.94. The van der Waals surface area contributed by atoms with E-state index < -0.39 is 17.5 Å². The first-order valence-electron chi connectivity index (χ1n) is 5.92. The summed E-state index contributed by atoms with van der Waals surface area (Å²) in [6, 6.07) is 9.32. The van der Waals surface area contributed by atoms with Gasteiger partial charge >= 0.3 is 0 Å². The molecule has 106 valence electrons. The van der Waals surface area contributed by atoms with Gasteiger partial charge in [-0.05, 0) is 24.3 Å². The van der Waals surface area contributed by atoms with E-state index in [1.807, 2.05) is 6.07 Å². The molecule has 4 nitrogen and oxygen atoms in total. The van der Waals surface area contributed by atoms with Crippen molar-refractivity contribution in [3.8, 4) is 11.8 Å². The molecule has 2 N–H and O–H groups in total. The van der Waals surface area contributed by atoms with E-state index in [-0.39, 0.29) is 23.5 Å². The highest BCUT2D eigenvalue weighted by Crippen LogP contribution is 2.22. The first-order valence-corrected chi connectivity index (χ1v) is 5.92. The average Bonchev–Trinajstić information content (AvgIpc) is 2.45. The molecule has 0 saturated carbocycles. The van der Waals surface area contributed by atoms with E-state index in [0.717, 1.165) is 12.1 Å². The summed E-state index contributed by atoms with van der Waals surface area (Å²) in [5, 5.41) is 8.92. The lowest BCUT2D eigenvalue weighted by molar-refractivity contribution is 0.0991. The maximum atomic E-state index is 13.5. The molecule has 6 heteroatoms. The third kappa shape index (κ3) is 3.15. The van der Waals surface area contributed by atoms with E-state index in [9.17, 15) is 13.6 Å². The van der Waals surface area contributed by atoms with E-state index in [4.69, 9.17) is 15.7 Å². The predicted octanol–water partition coefficient (Wildman–Crippen LogP) is 2.51. The molecule has 0 unspecified atom stereocenters. The number of primary amides is 1. The second-order valence-corrected chi connectivity index (χ2v) is 4.18. The van der Waals surface area contributed by atoms with Gasteiger partial charge in [0.25, 0.3) is 5.91 Å². The second-order valence-electron chi connectivity index (χ2n) is 4.18. The lowest BCUT2D eigenvalue weighted by Gasteiger charge is -2.11. The van der Waals surface area contributed by atoms with Crippen molar-refractivity contribution in [1.82, 2.24) is 0 Å². The molecule has 2 aromatic rings. The van der Waals surface area contributed by atoms with E-state index >= 15 is 0 Å². The van der Waals surface area contributed by atoms with Gasteiger partial charge in [0.1, 0.15) is 29.6 Å². The molecule has 0 aliphatic carbocycles. The maximum absolute atomic E-state index is 13.5. The summed E-state index contributed by atoms with van der Waals surface area (Å²) in [6.45, 7) is -0.118. The van der Waals surface area contributed by atoms with Gasteiger partial charge in [-0.2, -0.15) is 5.26 Å². The van der Waals surface area contributed by atoms with Gasteiger partial charge in [0.2, 0.25) is 0 Å². The monoisotopic (exact) mass is 288 g/mol. The summed E-state index contributed by atoms with van der Waals surface area (Å²) in [5.41, 5.74) is 5.26. The summed E-state index contributed by atoms with van der Waals surface area (Å²) < 4.78 is 31.9. The molecule has 0 aliphatic rings. The SMILES string of the molecule is N#Cc1cc(F)ccc1COc1cccc(F)c1C(N)=O. The van der Waals surface area contributed by atoms with Crippen LogP contribution in [0.4, 0.5) is 8.78 Å². The van der Waals surface area contributed by atoms with Crippen LogP contribution in [-0.2, 0) is 6.61 Å². The van der Waals surface area contributed by atoms with E-state index in [0.29, 0.717) is 5.56 Å². The fourth-order valence-electron chi connectivity index (χ4n) is 1.80. The molecule has 0 radical (unpaired) electrons. The average molecular weight is 288 g/mol. The Balaban J connectivity index is 2.28. The summed E-state index contributed by atoms with van der Waals surface area (Å²) in [7, 11) is 0. The van der Waals surface area contributed by atoms with Gasteiger partial charge in [-0.1, -0.05) is 12.1 Å². The van der Waals surface area contributed by atoms with Crippen LogP contribution in [0, 0.1) is 23.0 Å². The number of nitrogens with zero attached hydrogens (tertiary/aromatic N) is 1. The summed E-state index contributed by atoms with van der Waals surface area (Å²) in [5.74, 6) is -2.32. The van der Waals surface area contributed by atoms with E-state index in [1.54, 1.807) is 0 Å². The zero-order chi connectivity index (χ0) is 15.4. The second kappa shape index (κ2) is 6.01. The highest BCUT2D eigenvalue weighted by Gasteiger charge is 2.15. The molecule has 2 aromatic carbocycles. The molecule has 0 aliphatic heterocycles. The Labute approximate surface area is 119 Å². The molecule has 0 saturated heterocycles. The van der Waals surface area contributed by atoms with Crippen LogP contribution in [0.2, 0.25) is 0 Å². The molecule has 0 bridgehead atoms. The van der Waals surface area contributed by atoms with Crippen LogP contribution in [0.5, 0.6) is 5.75 Å². The highest BCUT2D eigenvalue weighted by molar-refractivity contribution is 5.95. The number of carbonyl (C=O) groups excluding carboxylic acids is 1. The minimum Gasteiger partial charge on any atom is -0.488 e. The van der Waals surface area contributed by atoms with Crippen LogP contribution in [0.25, 0.3) is 0 Å². The molecule has 0 spiro atoms. The van der Waals surface area contributed by atoms with Gasteiger partial charge in [-0.15, -0.1) is 0 Å². The first kappa shape index (κ1) is 14.5. The van der Waals surface area contributed by atoms with Crippen molar-refractivity contribution >= 4 is 5.91 Å². The Morgan fingerprint density at radius 1 is 1.29 bits per heavy atom. The van der Waals surface area contributed by atoms with Crippen molar-refractivity contribution in [2.75, 3.05) is 0 Å². The number of ether oxygens (including phenoxy) is 1. The van der Waals surface area contributed by atoms with Gasteiger partial charge < -0.3 is 10.5 Å². The Kier molecular flexibility index (Phi) is 4.14. The lowest BCUT2D eigenvalue weighted by Crippen LogP contribution is -2.15. The van der Waals surface area contributed by atoms with Crippen LogP contribution in [0.1, 0.15) is 21.5 Å². The normalized spacial score (nSPS) is 9.95. The summed E-state index contributed by atoms with van der Waals surface area (Å²) in [6.07, 6.45) is 0. The lowest BCUT2D eigenvalue weighted by atomic mass is 10.1. The molecule has 0 heterocycles. The Morgan fingerprint density at radius 2 is 2.05 bits per heavy atom. The van der Waals surface area contributed by atoms with Crippen molar-refractivity contribution in [2.24, 2.45) is 5.73 Å². The largest absolute Gasteiger partial charge is 0.488 e. The van der Waals surface area contributed by atoms with Crippen LogP contribution < -0.4 is 10.5 Å². The Morgan fingerprint density at radius 3 is 2.71 bits per heavy atom. The number of rotatable bonds is 4. The van der Waals surface area contributed by atoms with E-state index in [2.05, 4.69) is 0 Å². The summed E-state index contributed by atoms with van der Waals surface area (Å²) >= 11 is 0. The fourth-order valence-corrected chi connectivity index (χ4v) is 1.80. The van der Waals surface area contributed by atoms with Crippen molar-refractivity contribution in [3.05, 3.63) is 64.7 Å². The van der Waals surface area contributed by atoms with Crippen LogP contribution >= 0.6 is 0 Å². The number of amides is 1. The van der Waals surface area contributed by atoms with Crippen molar-refractivity contribution < 1.29 is 18.3 Å². The maximum Gasteiger partial charge on any atom is 0.255 e. The van der Waals surface area contributed by atoms with Gasteiger partial charge in [0.05, 0.1) is 11.6 Å². The zero-order valence-electron chi connectivity index (χ0n) is 10.8. The molecular weight excluding hydrogens is 278 g/mol. The van der Waals surface area contributed by atoms with Crippen molar-refractivity contribution in [3.63, 3.8) is 0 Å². The van der Waals surface area contributed by atoms with Crippen LogP contribution in [0.15, 0.2) is 36.4 Å². The number of benzene rings is 2. The molecule has 0 atom stereocenters. The first-order chi connectivity index (χ1) is 10.0. The van der Waals surface area contributed by atoms with Crippen LogP contribution in [0.3, 0.4) is 0 Å². The van der Waals surface area contributed by atoms with Crippen LogP contribution in [-0.4, -0.2) is 5.91 Å². The van der Waals surface area contributed by atoms with Crippen molar-refractivity contribution in [2.45, 2.75) is 6.61 Å². The number of carbonyl (C=O) groups is 1. The standard InChI is InChI=1S/C15H10F2N2O2/c16-11-5-4-9(10(6-11)7-18)8-21-13-3-1-2-12(17)14(13)15(19)20/h1-6H,8H2,(H2,19,20). The zero-order valence-corrected chi connectivity index (χ0v) is 10.8. The van der Waals surface area contributed by atoms with Gasteiger partial charge in [0.15, 0.2) is 0 Å². The van der Waals surface area contributed by atoms with Gasteiger partial charge in [0, 0.05) is 5.56 Å². The van der Waals surface area contributed by atoms with E-state index in [1.165, 1.54) is 24.3 Å². The third-order valence-corrected chi connectivity index (χ3v) is 2.80. The molecule has 21 heavy (non-hydrogen) atoms. The number of hydrogen-bond acceptors (Lipinski definition) is 3. The minimum atomic E-state index is -0.956. The molecule has 1 amide bonds. The quantitative estimate of drug-likeness (QED) is 0.939. The van der Waals surface area contributed by atoms with Gasteiger partial charge in [-0.25, -0.2) is 8.78 Å². The molecule has 0 fully saturated rings. The third-order valence-electron chi connectivity index (χ3n) is 2.80. The topological polar surface area (TPSA) is 76.1 Å². The Bertz CT molecular complexity index is 739. The number of hydrogen-bond donors (Lipinski definition) is 1. The number of halogens is 2.